The van der Waals surface area contributed by atoms with Gasteiger partial charge in [-0.2, -0.15) is 0 Å². The number of esters is 1. The number of rotatable bonds is 3. The average Bonchev–Trinajstić information content (AvgIpc) is 2.60. The number of aromatic hydroxyl groups is 1. The summed E-state index contributed by atoms with van der Waals surface area (Å²) in [5.41, 5.74) is 9.05. The Balaban J connectivity index is 2.61. The van der Waals surface area contributed by atoms with Crippen LogP contribution in [-0.2, 0) is 11.8 Å². The molecule has 0 aliphatic heterocycles. The van der Waals surface area contributed by atoms with Gasteiger partial charge in [-0.1, -0.05) is 12.1 Å². The number of anilines is 1. The molecule has 106 valence electrons. The van der Waals surface area contributed by atoms with Crippen molar-refractivity contribution in [3.8, 4) is 17.0 Å². The van der Waals surface area contributed by atoms with Crippen molar-refractivity contribution in [3.05, 3.63) is 35.5 Å². The minimum Gasteiger partial charge on any atom is -0.508 e. The van der Waals surface area contributed by atoms with Crippen LogP contribution in [0.1, 0.15) is 23.0 Å². The smallest absolute Gasteiger partial charge is 0.342 e. The molecule has 0 fully saturated rings. The van der Waals surface area contributed by atoms with E-state index in [-0.39, 0.29) is 5.75 Å². The maximum absolute atomic E-state index is 12.0. The van der Waals surface area contributed by atoms with Gasteiger partial charge in [-0.15, -0.1) is 0 Å². The van der Waals surface area contributed by atoms with Crippen LogP contribution >= 0.6 is 0 Å². The third kappa shape index (κ3) is 2.22. The second kappa shape index (κ2) is 5.28. The summed E-state index contributed by atoms with van der Waals surface area (Å²) in [5, 5.41) is 9.58. The molecule has 0 spiro atoms. The molecule has 2 aromatic rings. The number of phenols is 1. The Morgan fingerprint density at radius 1 is 1.45 bits per heavy atom. The van der Waals surface area contributed by atoms with E-state index in [1.54, 1.807) is 25.1 Å². The Kier molecular flexibility index (Phi) is 3.70. The zero-order valence-corrected chi connectivity index (χ0v) is 11.8. The fraction of sp³-hybridized carbons (Fsp3) is 0.267. The third-order valence-corrected chi connectivity index (χ3v) is 3.32. The normalized spacial score (nSPS) is 10.6. The number of carbonyl (C=O) groups excluding carboxylic acids is 1. The highest BCUT2D eigenvalue weighted by atomic mass is 16.5. The Morgan fingerprint density at radius 3 is 2.75 bits per heavy atom. The summed E-state index contributed by atoms with van der Waals surface area (Å²) in [6.45, 7) is 3.87. The summed E-state index contributed by atoms with van der Waals surface area (Å²) in [7, 11) is 1.83. The fourth-order valence-electron chi connectivity index (χ4n) is 2.29. The van der Waals surface area contributed by atoms with Crippen molar-refractivity contribution in [1.29, 1.82) is 0 Å². The van der Waals surface area contributed by atoms with Crippen LogP contribution in [0.25, 0.3) is 11.3 Å². The number of benzene rings is 1. The Bertz CT molecular complexity index is 659. The fourth-order valence-corrected chi connectivity index (χ4v) is 2.29. The van der Waals surface area contributed by atoms with E-state index < -0.39 is 5.97 Å². The minimum atomic E-state index is -0.426. The quantitative estimate of drug-likeness (QED) is 0.843. The zero-order chi connectivity index (χ0) is 14.9. The van der Waals surface area contributed by atoms with E-state index in [0.717, 1.165) is 11.3 Å². The lowest BCUT2D eigenvalue weighted by molar-refractivity contribution is 0.0526. The maximum atomic E-state index is 12.0. The lowest BCUT2D eigenvalue weighted by Gasteiger charge is -2.06. The number of phenolic OH excluding ortho intramolecular Hbond substituents is 1. The number of nitrogen functional groups attached to an aromatic ring is 1. The van der Waals surface area contributed by atoms with Gasteiger partial charge in [0.2, 0.25) is 0 Å². The molecule has 0 saturated carbocycles. The summed E-state index contributed by atoms with van der Waals surface area (Å²) < 4.78 is 6.87. The van der Waals surface area contributed by atoms with Crippen LogP contribution in [0.5, 0.6) is 5.75 Å². The van der Waals surface area contributed by atoms with Gasteiger partial charge in [0.25, 0.3) is 0 Å². The zero-order valence-electron chi connectivity index (χ0n) is 11.8. The Labute approximate surface area is 117 Å². The second-order valence-corrected chi connectivity index (χ2v) is 4.55. The van der Waals surface area contributed by atoms with Crippen LogP contribution in [-0.4, -0.2) is 22.2 Å². The van der Waals surface area contributed by atoms with Crippen molar-refractivity contribution in [3.63, 3.8) is 0 Å². The molecular weight excluding hydrogens is 256 g/mol. The summed E-state index contributed by atoms with van der Waals surface area (Å²) in [6.07, 6.45) is 0. The molecule has 0 amide bonds. The molecule has 1 aromatic carbocycles. The SMILES string of the molecule is CCOC(=O)c1c(N)c(-c2cccc(O)c2)n(C)c1C. The van der Waals surface area contributed by atoms with Crippen LogP contribution in [0.4, 0.5) is 5.69 Å². The number of hydrogen-bond acceptors (Lipinski definition) is 4. The summed E-state index contributed by atoms with van der Waals surface area (Å²) >= 11 is 0. The standard InChI is InChI=1S/C15H18N2O3/c1-4-20-15(19)12-9(2)17(3)14(13(12)16)10-6-5-7-11(18)8-10/h5-8,18H,4,16H2,1-3H3. The predicted molar refractivity (Wildman–Crippen MR) is 77.6 cm³/mol. The van der Waals surface area contributed by atoms with Gasteiger partial charge in [-0.3, -0.25) is 0 Å². The van der Waals surface area contributed by atoms with E-state index in [2.05, 4.69) is 0 Å². The van der Waals surface area contributed by atoms with Gasteiger partial charge in [0.15, 0.2) is 0 Å². The number of carbonyl (C=O) groups is 1. The van der Waals surface area contributed by atoms with Gasteiger partial charge in [-0.05, 0) is 26.0 Å². The molecule has 0 unspecified atom stereocenters. The molecule has 2 rings (SSSR count). The molecule has 5 nitrogen and oxygen atoms in total. The molecule has 20 heavy (non-hydrogen) atoms. The first kappa shape index (κ1) is 14.0. The lowest BCUT2D eigenvalue weighted by Crippen LogP contribution is -2.08. The van der Waals surface area contributed by atoms with Gasteiger partial charge in [0.1, 0.15) is 11.3 Å². The van der Waals surface area contributed by atoms with Gasteiger partial charge in [0, 0.05) is 18.3 Å². The highest BCUT2D eigenvalue weighted by Crippen LogP contribution is 2.34. The van der Waals surface area contributed by atoms with E-state index in [1.807, 2.05) is 24.6 Å². The number of hydrogen-bond donors (Lipinski definition) is 2. The molecule has 0 aliphatic rings. The minimum absolute atomic E-state index is 0.151. The highest BCUT2D eigenvalue weighted by molar-refractivity contribution is 6.01. The van der Waals surface area contributed by atoms with Gasteiger partial charge in [-0.25, -0.2) is 4.79 Å². The van der Waals surface area contributed by atoms with E-state index >= 15 is 0 Å². The summed E-state index contributed by atoms with van der Waals surface area (Å²) in [4.78, 5) is 12.0. The van der Waals surface area contributed by atoms with Crippen LogP contribution in [0.15, 0.2) is 24.3 Å². The topological polar surface area (TPSA) is 77.5 Å². The van der Waals surface area contributed by atoms with E-state index in [4.69, 9.17) is 10.5 Å². The maximum Gasteiger partial charge on any atom is 0.342 e. The van der Waals surface area contributed by atoms with E-state index in [9.17, 15) is 9.90 Å². The molecule has 5 heteroatoms. The van der Waals surface area contributed by atoms with Crippen molar-refractivity contribution < 1.29 is 14.6 Å². The van der Waals surface area contributed by atoms with Crippen molar-refractivity contribution in [1.82, 2.24) is 4.57 Å². The van der Waals surface area contributed by atoms with Crippen molar-refractivity contribution in [2.45, 2.75) is 13.8 Å². The average molecular weight is 274 g/mol. The molecule has 0 saturated heterocycles. The van der Waals surface area contributed by atoms with Crippen molar-refractivity contribution in [2.75, 3.05) is 12.3 Å². The van der Waals surface area contributed by atoms with E-state index in [0.29, 0.717) is 23.6 Å². The molecule has 3 N–H and O–H groups in total. The summed E-state index contributed by atoms with van der Waals surface area (Å²) in [6, 6.07) is 6.76. The Hall–Kier alpha value is -2.43. The first-order chi connectivity index (χ1) is 9.47. The van der Waals surface area contributed by atoms with Crippen LogP contribution < -0.4 is 5.73 Å². The van der Waals surface area contributed by atoms with Gasteiger partial charge >= 0.3 is 5.97 Å². The van der Waals surface area contributed by atoms with Crippen LogP contribution in [0, 0.1) is 6.92 Å². The Morgan fingerprint density at radius 2 is 2.15 bits per heavy atom. The number of nitrogens with zero attached hydrogens (tertiary/aromatic N) is 1. The third-order valence-electron chi connectivity index (χ3n) is 3.32. The summed E-state index contributed by atoms with van der Waals surface area (Å²) in [5.74, 6) is -0.275. The van der Waals surface area contributed by atoms with Crippen molar-refractivity contribution in [2.24, 2.45) is 7.05 Å². The second-order valence-electron chi connectivity index (χ2n) is 4.55. The van der Waals surface area contributed by atoms with Crippen LogP contribution in [0.3, 0.4) is 0 Å². The van der Waals surface area contributed by atoms with E-state index in [1.165, 1.54) is 0 Å². The molecule has 1 heterocycles. The molecule has 0 atom stereocenters. The van der Waals surface area contributed by atoms with Gasteiger partial charge < -0.3 is 20.1 Å². The first-order valence-corrected chi connectivity index (χ1v) is 6.38. The lowest BCUT2D eigenvalue weighted by atomic mass is 10.1. The molecule has 0 radical (unpaired) electrons. The molecule has 0 bridgehead atoms. The number of ether oxygens (including phenoxy) is 1. The number of aromatic nitrogens is 1. The first-order valence-electron chi connectivity index (χ1n) is 6.38. The monoisotopic (exact) mass is 274 g/mol. The predicted octanol–water partition coefficient (Wildman–Crippen LogP) is 2.47. The van der Waals surface area contributed by atoms with Crippen LogP contribution in [0.2, 0.25) is 0 Å². The molecule has 0 aliphatic carbocycles. The number of nitrogens with two attached hydrogens (primary N) is 1. The van der Waals surface area contributed by atoms with Gasteiger partial charge in [0.05, 0.1) is 18.0 Å². The molecular formula is C15H18N2O3. The molecule has 1 aromatic heterocycles. The largest absolute Gasteiger partial charge is 0.508 e. The highest BCUT2D eigenvalue weighted by Gasteiger charge is 2.23. The van der Waals surface area contributed by atoms with Crippen molar-refractivity contribution >= 4 is 11.7 Å².